The first-order valence-corrected chi connectivity index (χ1v) is 9.14. The molecule has 1 aliphatic rings. The summed E-state index contributed by atoms with van der Waals surface area (Å²) in [6, 6.07) is 0.827. The number of aromatic carboxylic acids is 1. The van der Waals surface area contributed by atoms with Gasteiger partial charge in [-0.25, -0.2) is 17.9 Å². The van der Waals surface area contributed by atoms with Crippen LogP contribution < -0.4 is 4.72 Å². The van der Waals surface area contributed by atoms with E-state index in [0.717, 1.165) is 31.7 Å². The van der Waals surface area contributed by atoms with Gasteiger partial charge >= 0.3 is 5.97 Å². The van der Waals surface area contributed by atoms with Gasteiger partial charge in [-0.05, 0) is 41.6 Å². The molecule has 0 aromatic carbocycles. The van der Waals surface area contributed by atoms with E-state index in [1.165, 1.54) is 6.42 Å². The van der Waals surface area contributed by atoms with Crippen LogP contribution in [0.2, 0.25) is 0 Å². The van der Waals surface area contributed by atoms with Crippen molar-refractivity contribution >= 4 is 31.9 Å². The summed E-state index contributed by atoms with van der Waals surface area (Å²) in [4.78, 5) is 10.7. The zero-order chi connectivity index (χ0) is 15.6. The van der Waals surface area contributed by atoms with Gasteiger partial charge in [0.25, 0.3) is 0 Å². The Bertz CT molecular complexity index is 619. The van der Waals surface area contributed by atoms with Crippen LogP contribution in [0.15, 0.2) is 20.0 Å². The molecule has 1 atom stereocenters. The summed E-state index contributed by atoms with van der Waals surface area (Å²) in [6.07, 6.45) is 5.46. The van der Waals surface area contributed by atoms with E-state index >= 15 is 0 Å². The van der Waals surface area contributed by atoms with Crippen molar-refractivity contribution in [3.05, 3.63) is 16.5 Å². The van der Waals surface area contributed by atoms with E-state index < -0.39 is 21.8 Å². The van der Waals surface area contributed by atoms with Crippen LogP contribution in [0.5, 0.6) is 0 Å². The minimum Gasteiger partial charge on any atom is -0.475 e. The third-order valence-electron chi connectivity index (χ3n) is 3.85. The molecule has 2 N–H and O–H groups in total. The fourth-order valence-electron chi connectivity index (χ4n) is 2.68. The van der Waals surface area contributed by atoms with Crippen molar-refractivity contribution in [1.29, 1.82) is 0 Å². The lowest BCUT2D eigenvalue weighted by molar-refractivity contribution is 0.0661. The summed E-state index contributed by atoms with van der Waals surface area (Å²) in [6.45, 7) is 1.85. The summed E-state index contributed by atoms with van der Waals surface area (Å²) in [5.41, 5.74) is 0. The van der Waals surface area contributed by atoms with Gasteiger partial charge in [-0.15, -0.1) is 0 Å². The van der Waals surface area contributed by atoms with Gasteiger partial charge in [-0.3, -0.25) is 0 Å². The molecule has 21 heavy (non-hydrogen) atoms. The molecule has 8 heteroatoms. The van der Waals surface area contributed by atoms with Crippen LogP contribution >= 0.6 is 15.9 Å². The Morgan fingerprint density at radius 2 is 2.05 bits per heavy atom. The fraction of sp³-hybridized carbons (Fsp3) is 0.615. The van der Waals surface area contributed by atoms with Crippen molar-refractivity contribution in [2.75, 3.05) is 0 Å². The summed E-state index contributed by atoms with van der Waals surface area (Å²) in [5.74, 6) is -1.40. The highest BCUT2D eigenvalue weighted by Crippen LogP contribution is 2.29. The first-order valence-electron chi connectivity index (χ1n) is 6.86. The molecule has 1 fully saturated rings. The number of hydrogen-bond donors (Lipinski definition) is 2. The lowest BCUT2D eigenvalue weighted by atomic mass is 9.85. The average Bonchev–Trinajstić information content (AvgIpc) is 2.82. The quantitative estimate of drug-likeness (QED) is 0.819. The molecule has 1 aromatic rings. The summed E-state index contributed by atoms with van der Waals surface area (Å²) in [5, 5.41) is 8.84. The minimum absolute atomic E-state index is 0.0942. The van der Waals surface area contributed by atoms with Gasteiger partial charge in [0.15, 0.2) is 4.67 Å². The maximum Gasteiger partial charge on any atom is 0.371 e. The first-order chi connectivity index (χ1) is 9.81. The summed E-state index contributed by atoms with van der Waals surface area (Å²) < 4.78 is 32.1. The normalized spacial score (nSPS) is 18.6. The standard InChI is InChI=1S/C13H18BrNO5S/c1-8(9-5-3-2-4-6-9)15-21(18,19)11-7-10(13(16)17)20-12(11)14/h7-9,15H,2-6H2,1H3,(H,16,17). The molecular weight excluding hydrogens is 362 g/mol. The molecule has 1 saturated carbocycles. The highest BCUT2D eigenvalue weighted by Gasteiger charge is 2.29. The van der Waals surface area contributed by atoms with Crippen LogP contribution in [0, 0.1) is 5.92 Å². The van der Waals surface area contributed by atoms with Crippen molar-refractivity contribution < 1.29 is 22.7 Å². The average molecular weight is 380 g/mol. The van der Waals surface area contributed by atoms with Crippen molar-refractivity contribution in [1.82, 2.24) is 4.72 Å². The Balaban J connectivity index is 2.16. The van der Waals surface area contributed by atoms with Crippen LogP contribution in [0.1, 0.15) is 49.6 Å². The van der Waals surface area contributed by atoms with Gasteiger partial charge in [0.1, 0.15) is 4.90 Å². The predicted octanol–water partition coefficient (Wildman–Crippen LogP) is 2.99. The number of furan rings is 1. The zero-order valence-corrected chi connectivity index (χ0v) is 14.0. The second kappa shape index (κ2) is 6.50. The number of nitrogens with one attached hydrogen (secondary N) is 1. The topological polar surface area (TPSA) is 96.6 Å². The van der Waals surface area contributed by atoms with E-state index in [1.807, 2.05) is 6.92 Å². The second-order valence-corrected chi connectivity index (χ2v) is 7.76. The Hall–Kier alpha value is -0.860. The van der Waals surface area contributed by atoms with Gasteiger partial charge in [-0.1, -0.05) is 19.3 Å². The number of carbonyl (C=O) groups is 1. The first kappa shape index (κ1) is 16.5. The maximum absolute atomic E-state index is 12.3. The van der Waals surface area contributed by atoms with E-state index in [1.54, 1.807) is 0 Å². The molecule has 0 saturated heterocycles. The van der Waals surface area contributed by atoms with Crippen molar-refractivity contribution in [3.63, 3.8) is 0 Å². The van der Waals surface area contributed by atoms with Gasteiger partial charge in [0.05, 0.1) is 0 Å². The molecule has 0 aliphatic heterocycles. The number of sulfonamides is 1. The lowest BCUT2D eigenvalue weighted by Crippen LogP contribution is -2.38. The van der Waals surface area contributed by atoms with E-state index in [-0.39, 0.29) is 15.6 Å². The Morgan fingerprint density at radius 1 is 1.43 bits per heavy atom. The molecule has 0 radical (unpaired) electrons. The van der Waals surface area contributed by atoms with E-state index in [0.29, 0.717) is 5.92 Å². The van der Waals surface area contributed by atoms with Gasteiger partial charge in [0, 0.05) is 12.1 Å². The smallest absolute Gasteiger partial charge is 0.371 e. The third kappa shape index (κ3) is 3.87. The monoisotopic (exact) mass is 379 g/mol. The molecular formula is C13H18BrNO5S. The molecule has 2 rings (SSSR count). The largest absolute Gasteiger partial charge is 0.475 e. The summed E-state index contributed by atoms with van der Waals surface area (Å²) in [7, 11) is -3.81. The van der Waals surface area contributed by atoms with Gasteiger partial charge in [0.2, 0.25) is 15.8 Å². The summed E-state index contributed by atoms with van der Waals surface area (Å²) >= 11 is 2.96. The second-order valence-electron chi connectivity index (χ2n) is 5.36. The molecule has 1 heterocycles. The van der Waals surface area contributed by atoms with Crippen molar-refractivity contribution in [2.45, 2.75) is 50.0 Å². The third-order valence-corrected chi connectivity index (χ3v) is 6.27. The van der Waals surface area contributed by atoms with Crippen molar-refractivity contribution in [2.24, 2.45) is 5.92 Å². The van der Waals surface area contributed by atoms with E-state index in [2.05, 4.69) is 20.7 Å². The number of carboxylic acid groups (broad SMARTS) is 1. The highest BCUT2D eigenvalue weighted by molar-refractivity contribution is 9.10. The van der Waals surface area contributed by atoms with Crippen LogP contribution in [0.3, 0.4) is 0 Å². The van der Waals surface area contributed by atoms with Crippen LogP contribution in [0.4, 0.5) is 0 Å². The zero-order valence-electron chi connectivity index (χ0n) is 11.6. The number of rotatable bonds is 5. The highest BCUT2D eigenvalue weighted by atomic mass is 79.9. The molecule has 0 amide bonds. The van der Waals surface area contributed by atoms with Crippen LogP contribution in [-0.2, 0) is 10.0 Å². The number of hydrogen-bond acceptors (Lipinski definition) is 4. The number of carboxylic acids is 1. The van der Waals surface area contributed by atoms with Gasteiger partial charge < -0.3 is 9.52 Å². The predicted molar refractivity (Wildman–Crippen MR) is 79.7 cm³/mol. The van der Waals surface area contributed by atoms with Crippen LogP contribution in [-0.4, -0.2) is 25.5 Å². The molecule has 0 bridgehead atoms. The molecule has 0 spiro atoms. The Kier molecular flexibility index (Phi) is 5.11. The minimum atomic E-state index is -3.81. The Morgan fingerprint density at radius 3 is 2.57 bits per heavy atom. The van der Waals surface area contributed by atoms with Crippen LogP contribution in [0.25, 0.3) is 0 Å². The maximum atomic E-state index is 12.3. The molecule has 1 aliphatic carbocycles. The van der Waals surface area contributed by atoms with Gasteiger partial charge in [-0.2, -0.15) is 0 Å². The fourth-order valence-corrected chi connectivity index (χ4v) is 4.93. The SMILES string of the molecule is CC(NS(=O)(=O)c1cc(C(=O)O)oc1Br)C1CCCCC1. The molecule has 1 aromatic heterocycles. The Labute approximate surface area is 132 Å². The van der Waals surface area contributed by atoms with E-state index in [9.17, 15) is 13.2 Å². The molecule has 1 unspecified atom stereocenters. The van der Waals surface area contributed by atoms with Crippen molar-refractivity contribution in [3.8, 4) is 0 Å². The molecule has 6 nitrogen and oxygen atoms in total. The molecule has 118 valence electrons. The lowest BCUT2D eigenvalue weighted by Gasteiger charge is -2.27. The number of halogens is 1. The van der Waals surface area contributed by atoms with E-state index in [4.69, 9.17) is 9.52 Å².